The SMILES string of the molecule is CCCCNC(=NCC(=O)N(C)C)N(C)CCC1CCN(c2ccncc2)CC1.I. The Kier molecular flexibility index (Phi) is 12.7. The minimum absolute atomic E-state index is 0. The molecule has 0 aliphatic carbocycles. The molecule has 170 valence electrons. The first kappa shape index (κ1) is 26.5. The number of nitrogens with one attached hydrogen (secondary N) is 1. The van der Waals surface area contributed by atoms with Gasteiger partial charge in [0.1, 0.15) is 6.54 Å². The number of aromatic nitrogens is 1. The lowest BCUT2D eigenvalue weighted by Gasteiger charge is -2.34. The summed E-state index contributed by atoms with van der Waals surface area (Å²) in [7, 11) is 5.61. The van der Waals surface area contributed by atoms with E-state index in [1.165, 1.54) is 18.5 Å². The van der Waals surface area contributed by atoms with Gasteiger partial charge in [-0.3, -0.25) is 9.78 Å². The first-order valence-electron chi connectivity index (χ1n) is 10.9. The Hall–Kier alpha value is -1.58. The fraction of sp³-hybridized carbons (Fsp3) is 0.682. The molecule has 0 saturated carbocycles. The highest BCUT2D eigenvalue weighted by Crippen LogP contribution is 2.24. The van der Waals surface area contributed by atoms with Crippen molar-refractivity contribution < 1.29 is 4.79 Å². The minimum atomic E-state index is 0. The second-order valence-corrected chi connectivity index (χ2v) is 8.05. The van der Waals surface area contributed by atoms with Gasteiger partial charge in [-0.05, 0) is 43.7 Å². The third kappa shape index (κ3) is 9.06. The van der Waals surface area contributed by atoms with Crippen molar-refractivity contribution in [1.29, 1.82) is 0 Å². The molecule has 0 atom stereocenters. The Morgan fingerprint density at radius 1 is 1.23 bits per heavy atom. The van der Waals surface area contributed by atoms with Crippen LogP contribution in [0.5, 0.6) is 0 Å². The largest absolute Gasteiger partial charge is 0.371 e. The van der Waals surface area contributed by atoms with Gasteiger partial charge in [-0.15, -0.1) is 24.0 Å². The summed E-state index contributed by atoms with van der Waals surface area (Å²) in [6, 6.07) is 4.18. The number of carbonyl (C=O) groups excluding carboxylic acids is 1. The van der Waals surface area contributed by atoms with Gasteiger partial charge >= 0.3 is 0 Å². The third-order valence-corrected chi connectivity index (χ3v) is 5.55. The van der Waals surface area contributed by atoms with Gasteiger partial charge in [0.25, 0.3) is 0 Å². The van der Waals surface area contributed by atoms with Gasteiger partial charge in [-0.2, -0.15) is 0 Å². The Balaban J connectivity index is 0.00000450. The molecular formula is C22H39IN6O. The topological polar surface area (TPSA) is 64.1 Å². The minimum Gasteiger partial charge on any atom is -0.371 e. The molecule has 2 heterocycles. The van der Waals surface area contributed by atoms with Crippen LogP contribution in [0, 0.1) is 5.92 Å². The number of guanidine groups is 1. The van der Waals surface area contributed by atoms with Crippen molar-refractivity contribution in [3.8, 4) is 0 Å². The average Bonchev–Trinajstić information content (AvgIpc) is 2.75. The molecule has 0 bridgehead atoms. The van der Waals surface area contributed by atoms with E-state index in [1.807, 2.05) is 12.4 Å². The summed E-state index contributed by atoms with van der Waals surface area (Å²) in [5.74, 6) is 1.59. The molecule has 1 amide bonds. The molecule has 1 fully saturated rings. The molecule has 0 aromatic carbocycles. The predicted octanol–water partition coefficient (Wildman–Crippen LogP) is 3.07. The zero-order valence-corrected chi connectivity index (χ0v) is 21.3. The number of nitrogens with zero attached hydrogens (tertiary/aromatic N) is 5. The molecule has 0 unspecified atom stereocenters. The van der Waals surface area contributed by atoms with E-state index in [-0.39, 0.29) is 36.4 Å². The molecule has 1 aliphatic heterocycles. The van der Waals surface area contributed by atoms with Gasteiger partial charge in [-0.25, -0.2) is 4.99 Å². The highest BCUT2D eigenvalue weighted by atomic mass is 127. The first-order valence-corrected chi connectivity index (χ1v) is 10.9. The van der Waals surface area contributed by atoms with Gasteiger partial charge < -0.3 is 20.0 Å². The molecule has 0 radical (unpaired) electrons. The fourth-order valence-corrected chi connectivity index (χ4v) is 3.49. The van der Waals surface area contributed by atoms with Crippen molar-refractivity contribution in [1.82, 2.24) is 20.1 Å². The zero-order chi connectivity index (χ0) is 21.1. The second-order valence-electron chi connectivity index (χ2n) is 8.05. The quantitative estimate of drug-likeness (QED) is 0.230. The number of pyridine rings is 1. The molecule has 1 aromatic heterocycles. The summed E-state index contributed by atoms with van der Waals surface area (Å²) in [6.45, 7) is 6.41. The number of aliphatic imine (C=N–C) groups is 1. The Labute approximate surface area is 199 Å². The Morgan fingerprint density at radius 2 is 1.90 bits per heavy atom. The molecule has 1 aliphatic rings. The van der Waals surface area contributed by atoms with Crippen molar-refractivity contribution in [2.75, 3.05) is 58.8 Å². The summed E-state index contributed by atoms with van der Waals surface area (Å²) < 4.78 is 0. The number of carbonyl (C=O) groups is 1. The number of amides is 1. The Bertz CT molecular complexity index is 632. The van der Waals surface area contributed by atoms with E-state index >= 15 is 0 Å². The van der Waals surface area contributed by atoms with Crippen LogP contribution in [0.15, 0.2) is 29.5 Å². The lowest BCUT2D eigenvalue weighted by Crippen LogP contribution is -2.42. The maximum Gasteiger partial charge on any atom is 0.243 e. The number of piperidine rings is 1. The summed E-state index contributed by atoms with van der Waals surface area (Å²) in [5.41, 5.74) is 1.27. The van der Waals surface area contributed by atoms with E-state index < -0.39 is 0 Å². The van der Waals surface area contributed by atoms with Crippen molar-refractivity contribution >= 4 is 41.5 Å². The average molecular weight is 530 g/mol. The molecule has 1 N–H and O–H groups in total. The highest BCUT2D eigenvalue weighted by molar-refractivity contribution is 14.0. The monoisotopic (exact) mass is 530 g/mol. The van der Waals surface area contributed by atoms with Crippen LogP contribution >= 0.6 is 24.0 Å². The molecule has 1 aromatic rings. The van der Waals surface area contributed by atoms with Crippen LogP contribution in [0.1, 0.15) is 39.0 Å². The van der Waals surface area contributed by atoms with Crippen molar-refractivity contribution in [3.63, 3.8) is 0 Å². The molecular weight excluding hydrogens is 491 g/mol. The smallest absolute Gasteiger partial charge is 0.243 e. The molecule has 8 heteroatoms. The molecule has 30 heavy (non-hydrogen) atoms. The lowest BCUT2D eigenvalue weighted by atomic mass is 9.93. The summed E-state index contributed by atoms with van der Waals surface area (Å²) >= 11 is 0. The van der Waals surface area contributed by atoms with Gasteiger partial charge in [0.15, 0.2) is 5.96 Å². The van der Waals surface area contributed by atoms with Crippen LogP contribution < -0.4 is 10.2 Å². The number of hydrogen-bond donors (Lipinski definition) is 1. The molecule has 2 rings (SSSR count). The Morgan fingerprint density at radius 3 is 2.50 bits per heavy atom. The standard InChI is InChI=1S/C22H38N6O.HI/c1-5-6-12-24-22(25-18-21(29)26(2)3)27(4)15-9-19-10-16-28(17-11-19)20-7-13-23-14-8-20;/h7-8,13-14,19H,5-6,9-12,15-18H2,1-4H3,(H,24,25);1H. The molecule has 1 saturated heterocycles. The van der Waals surface area contributed by atoms with Crippen LogP contribution in [-0.4, -0.2) is 80.5 Å². The van der Waals surface area contributed by atoms with Crippen LogP contribution in [0.2, 0.25) is 0 Å². The fourth-order valence-electron chi connectivity index (χ4n) is 3.49. The number of anilines is 1. The van der Waals surface area contributed by atoms with Crippen molar-refractivity contribution in [2.24, 2.45) is 10.9 Å². The third-order valence-electron chi connectivity index (χ3n) is 5.55. The first-order chi connectivity index (χ1) is 14.0. The van der Waals surface area contributed by atoms with E-state index in [9.17, 15) is 4.79 Å². The number of unbranched alkanes of at least 4 members (excludes halogenated alkanes) is 1. The van der Waals surface area contributed by atoms with Crippen LogP contribution in [0.25, 0.3) is 0 Å². The number of rotatable bonds is 9. The molecule has 0 spiro atoms. The maximum atomic E-state index is 11.9. The predicted molar refractivity (Wildman–Crippen MR) is 136 cm³/mol. The highest BCUT2D eigenvalue weighted by Gasteiger charge is 2.20. The summed E-state index contributed by atoms with van der Waals surface area (Å²) in [5, 5.41) is 3.42. The second kappa shape index (κ2) is 14.4. The summed E-state index contributed by atoms with van der Waals surface area (Å²) in [4.78, 5) is 26.8. The van der Waals surface area contributed by atoms with E-state index in [1.54, 1.807) is 19.0 Å². The maximum absolute atomic E-state index is 11.9. The van der Waals surface area contributed by atoms with Crippen molar-refractivity contribution in [3.05, 3.63) is 24.5 Å². The van der Waals surface area contributed by atoms with Crippen LogP contribution in [-0.2, 0) is 4.79 Å². The number of hydrogen-bond acceptors (Lipinski definition) is 4. The van der Waals surface area contributed by atoms with Crippen LogP contribution in [0.3, 0.4) is 0 Å². The number of halogens is 1. The molecule has 7 nitrogen and oxygen atoms in total. The van der Waals surface area contributed by atoms with Gasteiger partial charge in [0.2, 0.25) is 5.91 Å². The summed E-state index contributed by atoms with van der Waals surface area (Å²) in [6.07, 6.45) is 9.54. The van der Waals surface area contributed by atoms with E-state index in [0.717, 1.165) is 57.3 Å². The normalized spacial score (nSPS) is 14.8. The van der Waals surface area contributed by atoms with Crippen molar-refractivity contribution in [2.45, 2.75) is 39.0 Å². The van der Waals surface area contributed by atoms with Crippen LogP contribution in [0.4, 0.5) is 5.69 Å². The van der Waals surface area contributed by atoms with Gasteiger partial charge in [0, 0.05) is 65.4 Å². The van der Waals surface area contributed by atoms with Gasteiger partial charge in [-0.1, -0.05) is 13.3 Å². The number of likely N-dealkylation sites (N-methyl/N-ethyl adjacent to an activating group) is 1. The van der Waals surface area contributed by atoms with E-state index in [2.05, 4.69) is 51.2 Å². The zero-order valence-electron chi connectivity index (χ0n) is 19.0. The van der Waals surface area contributed by atoms with Gasteiger partial charge in [0.05, 0.1) is 0 Å². The van der Waals surface area contributed by atoms with E-state index in [0.29, 0.717) is 0 Å². The lowest BCUT2D eigenvalue weighted by molar-refractivity contribution is -0.127. The van der Waals surface area contributed by atoms with E-state index in [4.69, 9.17) is 0 Å².